The molecule has 3 heteroatoms. The summed E-state index contributed by atoms with van der Waals surface area (Å²) in [6.07, 6.45) is 1.47. The highest BCUT2D eigenvalue weighted by atomic mass is 79.9. The number of benzene rings is 1. The quantitative estimate of drug-likeness (QED) is 0.768. The fourth-order valence-corrected chi connectivity index (χ4v) is 2.61. The lowest BCUT2D eigenvalue weighted by atomic mass is 9.92. The fourth-order valence-electron chi connectivity index (χ4n) is 2.12. The van der Waals surface area contributed by atoms with E-state index in [2.05, 4.69) is 35.1 Å². The molecule has 2 rings (SSSR count). The molecule has 0 fully saturated rings. The minimum absolute atomic E-state index is 0.126. The molecule has 0 aromatic heterocycles. The average molecular weight is 268 g/mol. The van der Waals surface area contributed by atoms with E-state index in [1.807, 2.05) is 6.92 Å². The van der Waals surface area contributed by atoms with Crippen LogP contribution >= 0.6 is 15.9 Å². The van der Waals surface area contributed by atoms with Gasteiger partial charge in [-0.2, -0.15) is 0 Å². The van der Waals surface area contributed by atoms with Gasteiger partial charge in [-0.1, -0.05) is 15.9 Å². The van der Waals surface area contributed by atoms with E-state index in [0.717, 1.165) is 22.1 Å². The molecule has 0 radical (unpaired) electrons. The number of anilines is 1. The highest BCUT2D eigenvalue weighted by Gasteiger charge is 2.21. The largest absolute Gasteiger partial charge is 0.326 e. The monoisotopic (exact) mass is 267 g/mol. The Morgan fingerprint density at radius 1 is 1.07 bits per heavy atom. The molecular formula is C12H14BrNO. The number of carbonyl (C=O) groups excluding carboxylic acids is 1. The molecule has 0 unspecified atom stereocenters. The molecule has 0 atom stereocenters. The van der Waals surface area contributed by atoms with E-state index in [1.165, 1.54) is 16.7 Å². The Hall–Kier alpha value is -0.830. The molecule has 1 amide bonds. The highest BCUT2D eigenvalue weighted by molar-refractivity contribution is 9.10. The number of fused-ring (bicyclic) bond motifs is 1. The summed E-state index contributed by atoms with van der Waals surface area (Å²) in [5, 5.41) is 2.97. The van der Waals surface area contributed by atoms with E-state index in [9.17, 15) is 4.79 Å². The van der Waals surface area contributed by atoms with Crippen molar-refractivity contribution in [2.24, 2.45) is 0 Å². The Morgan fingerprint density at radius 2 is 1.73 bits per heavy atom. The van der Waals surface area contributed by atoms with Gasteiger partial charge in [0.1, 0.15) is 0 Å². The van der Waals surface area contributed by atoms with Gasteiger partial charge in [0.05, 0.1) is 0 Å². The molecular weight excluding hydrogens is 254 g/mol. The maximum absolute atomic E-state index is 11.4. The molecule has 1 aromatic rings. The number of hydrogen-bond acceptors (Lipinski definition) is 1. The standard InChI is InChI=1S/C12H14BrNO/c1-6-7(2)11(13)8(3)12-9(6)4-5-10(15)14-12/h4-5H2,1-3H3,(H,14,15). The number of halogens is 1. The summed E-state index contributed by atoms with van der Waals surface area (Å²) in [4.78, 5) is 11.4. The van der Waals surface area contributed by atoms with Crippen LogP contribution < -0.4 is 5.32 Å². The maximum atomic E-state index is 11.4. The molecule has 0 spiro atoms. The molecule has 2 nitrogen and oxygen atoms in total. The maximum Gasteiger partial charge on any atom is 0.224 e. The van der Waals surface area contributed by atoms with E-state index in [1.54, 1.807) is 0 Å². The van der Waals surface area contributed by atoms with Crippen molar-refractivity contribution in [3.8, 4) is 0 Å². The van der Waals surface area contributed by atoms with Gasteiger partial charge in [-0.15, -0.1) is 0 Å². The first-order chi connectivity index (χ1) is 7.02. The predicted molar refractivity (Wildman–Crippen MR) is 65.3 cm³/mol. The second kappa shape index (κ2) is 3.63. The van der Waals surface area contributed by atoms with Crippen LogP contribution in [0.2, 0.25) is 0 Å². The fraction of sp³-hybridized carbons (Fsp3) is 0.417. The lowest BCUT2D eigenvalue weighted by molar-refractivity contribution is -0.116. The summed E-state index contributed by atoms with van der Waals surface area (Å²) in [5.74, 6) is 0.126. The topological polar surface area (TPSA) is 29.1 Å². The molecule has 1 heterocycles. The lowest BCUT2D eigenvalue weighted by Crippen LogP contribution is -2.21. The first kappa shape index (κ1) is 10.7. The predicted octanol–water partition coefficient (Wildman–Crippen LogP) is 3.26. The Kier molecular flexibility index (Phi) is 2.59. The van der Waals surface area contributed by atoms with Crippen molar-refractivity contribution in [2.45, 2.75) is 33.6 Å². The molecule has 1 aromatic carbocycles. The Labute approximate surface area is 98.2 Å². The third kappa shape index (κ3) is 1.59. The van der Waals surface area contributed by atoms with Crippen molar-refractivity contribution < 1.29 is 4.79 Å². The van der Waals surface area contributed by atoms with Crippen LogP contribution in [0.5, 0.6) is 0 Å². The first-order valence-electron chi connectivity index (χ1n) is 5.10. The van der Waals surface area contributed by atoms with Gasteiger partial charge >= 0.3 is 0 Å². The van der Waals surface area contributed by atoms with Crippen LogP contribution in [0.1, 0.15) is 28.7 Å². The molecule has 0 saturated heterocycles. The minimum Gasteiger partial charge on any atom is -0.326 e. The zero-order chi connectivity index (χ0) is 11.2. The van der Waals surface area contributed by atoms with Gasteiger partial charge in [0, 0.05) is 16.6 Å². The third-order valence-corrected chi connectivity index (χ3v) is 4.41. The van der Waals surface area contributed by atoms with Crippen LogP contribution in [0.15, 0.2) is 4.47 Å². The zero-order valence-electron chi connectivity index (χ0n) is 9.20. The summed E-state index contributed by atoms with van der Waals surface area (Å²) in [6, 6.07) is 0. The molecule has 0 bridgehead atoms. The first-order valence-corrected chi connectivity index (χ1v) is 5.89. The molecule has 15 heavy (non-hydrogen) atoms. The van der Waals surface area contributed by atoms with Gasteiger partial charge in [-0.05, 0) is 49.4 Å². The van der Waals surface area contributed by atoms with Gasteiger partial charge in [0.25, 0.3) is 0 Å². The van der Waals surface area contributed by atoms with Crippen molar-refractivity contribution in [1.82, 2.24) is 0 Å². The second-order valence-electron chi connectivity index (χ2n) is 4.09. The van der Waals surface area contributed by atoms with E-state index in [-0.39, 0.29) is 5.91 Å². The number of carbonyl (C=O) groups is 1. The van der Waals surface area contributed by atoms with Gasteiger partial charge < -0.3 is 5.32 Å². The van der Waals surface area contributed by atoms with Gasteiger partial charge in [-0.3, -0.25) is 4.79 Å². The van der Waals surface area contributed by atoms with Crippen molar-refractivity contribution in [3.63, 3.8) is 0 Å². The Morgan fingerprint density at radius 3 is 2.40 bits per heavy atom. The molecule has 80 valence electrons. The summed E-state index contributed by atoms with van der Waals surface area (Å²) >= 11 is 3.58. The van der Waals surface area contributed by atoms with E-state index in [0.29, 0.717) is 6.42 Å². The van der Waals surface area contributed by atoms with Crippen molar-refractivity contribution in [3.05, 3.63) is 26.7 Å². The number of rotatable bonds is 0. The number of hydrogen-bond donors (Lipinski definition) is 1. The summed E-state index contributed by atoms with van der Waals surface area (Å²) < 4.78 is 1.11. The summed E-state index contributed by atoms with van der Waals surface area (Å²) in [5.41, 5.74) is 6.03. The molecule has 1 aliphatic heterocycles. The normalized spacial score (nSPS) is 14.8. The van der Waals surface area contributed by atoms with Crippen LogP contribution in [0.25, 0.3) is 0 Å². The van der Waals surface area contributed by atoms with Gasteiger partial charge in [0.2, 0.25) is 5.91 Å². The average Bonchev–Trinajstić information content (AvgIpc) is 2.23. The van der Waals surface area contributed by atoms with Crippen LogP contribution in [-0.2, 0) is 11.2 Å². The van der Waals surface area contributed by atoms with Crippen molar-refractivity contribution in [2.75, 3.05) is 5.32 Å². The molecule has 0 saturated carbocycles. The smallest absolute Gasteiger partial charge is 0.224 e. The Bertz CT molecular complexity index is 452. The number of nitrogens with one attached hydrogen (secondary N) is 1. The molecule has 1 N–H and O–H groups in total. The van der Waals surface area contributed by atoms with Gasteiger partial charge in [0.15, 0.2) is 0 Å². The molecule has 0 aliphatic carbocycles. The van der Waals surface area contributed by atoms with Crippen molar-refractivity contribution in [1.29, 1.82) is 0 Å². The molecule has 1 aliphatic rings. The third-order valence-electron chi connectivity index (χ3n) is 3.22. The van der Waals surface area contributed by atoms with Crippen molar-refractivity contribution >= 4 is 27.5 Å². The minimum atomic E-state index is 0.126. The van der Waals surface area contributed by atoms with E-state index in [4.69, 9.17) is 0 Å². The van der Waals surface area contributed by atoms with E-state index < -0.39 is 0 Å². The lowest BCUT2D eigenvalue weighted by Gasteiger charge is -2.24. The van der Waals surface area contributed by atoms with Crippen LogP contribution in [0.3, 0.4) is 0 Å². The summed E-state index contributed by atoms with van der Waals surface area (Å²) in [7, 11) is 0. The Balaban J connectivity index is 2.70. The van der Waals surface area contributed by atoms with Crippen LogP contribution in [0.4, 0.5) is 5.69 Å². The van der Waals surface area contributed by atoms with Gasteiger partial charge in [-0.25, -0.2) is 0 Å². The highest BCUT2D eigenvalue weighted by Crippen LogP contribution is 2.37. The summed E-state index contributed by atoms with van der Waals surface area (Å²) in [6.45, 7) is 6.28. The van der Waals surface area contributed by atoms with E-state index >= 15 is 0 Å². The zero-order valence-corrected chi connectivity index (χ0v) is 10.8. The SMILES string of the molecule is Cc1c(C)c2c(c(C)c1Br)NC(=O)CC2. The van der Waals surface area contributed by atoms with Crippen LogP contribution in [-0.4, -0.2) is 5.91 Å². The van der Waals surface area contributed by atoms with Crippen LogP contribution in [0, 0.1) is 20.8 Å². The second-order valence-corrected chi connectivity index (χ2v) is 4.88. The number of amides is 1.